The molecule has 0 saturated carbocycles. The standard InChI is InChI=1S/C8H18O3/c9-5-2-1-3-8(7-11)4-6-10/h8-11H,1-7H2. The summed E-state index contributed by atoms with van der Waals surface area (Å²) in [6, 6.07) is 0. The third-order valence-corrected chi connectivity index (χ3v) is 1.82. The van der Waals surface area contributed by atoms with Crippen LogP contribution in [0, 0.1) is 5.92 Å². The summed E-state index contributed by atoms with van der Waals surface area (Å²) in [4.78, 5) is 0. The monoisotopic (exact) mass is 162 g/mol. The minimum absolute atomic E-state index is 0.143. The first-order chi connectivity index (χ1) is 5.35. The zero-order chi connectivity index (χ0) is 8.53. The van der Waals surface area contributed by atoms with E-state index in [1.54, 1.807) is 0 Å². The first kappa shape index (κ1) is 10.9. The van der Waals surface area contributed by atoms with Crippen molar-refractivity contribution >= 4 is 0 Å². The van der Waals surface area contributed by atoms with E-state index in [0.29, 0.717) is 6.42 Å². The van der Waals surface area contributed by atoms with Gasteiger partial charge in [-0.3, -0.25) is 0 Å². The fourth-order valence-electron chi connectivity index (χ4n) is 1.05. The fourth-order valence-corrected chi connectivity index (χ4v) is 1.05. The summed E-state index contributed by atoms with van der Waals surface area (Å²) in [5.74, 6) is 0.214. The van der Waals surface area contributed by atoms with Crippen molar-refractivity contribution in [2.45, 2.75) is 25.7 Å². The van der Waals surface area contributed by atoms with Crippen molar-refractivity contribution in [3.63, 3.8) is 0 Å². The molecule has 0 aromatic heterocycles. The molecule has 0 aliphatic carbocycles. The van der Waals surface area contributed by atoms with Gasteiger partial charge in [-0.2, -0.15) is 0 Å². The largest absolute Gasteiger partial charge is 0.396 e. The lowest BCUT2D eigenvalue weighted by Gasteiger charge is -2.10. The third kappa shape index (κ3) is 6.28. The summed E-state index contributed by atoms with van der Waals surface area (Å²) in [6.45, 7) is 0.508. The van der Waals surface area contributed by atoms with E-state index in [9.17, 15) is 0 Å². The topological polar surface area (TPSA) is 60.7 Å². The second-order valence-electron chi connectivity index (χ2n) is 2.78. The van der Waals surface area contributed by atoms with Crippen molar-refractivity contribution < 1.29 is 15.3 Å². The van der Waals surface area contributed by atoms with Gasteiger partial charge in [-0.25, -0.2) is 0 Å². The molecule has 0 rings (SSSR count). The SMILES string of the molecule is OCCCCC(CO)CCO. The Kier molecular flexibility index (Phi) is 7.89. The molecule has 0 aliphatic rings. The molecular formula is C8H18O3. The van der Waals surface area contributed by atoms with Gasteiger partial charge in [0.1, 0.15) is 0 Å². The molecule has 3 N–H and O–H groups in total. The predicted molar refractivity (Wildman–Crippen MR) is 43.2 cm³/mol. The first-order valence-corrected chi connectivity index (χ1v) is 4.17. The summed E-state index contributed by atoms with van der Waals surface area (Å²) in [5, 5.41) is 25.8. The molecule has 0 heterocycles. The van der Waals surface area contributed by atoms with Crippen LogP contribution >= 0.6 is 0 Å². The Morgan fingerprint density at radius 2 is 1.55 bits per heavy atom. The highest BCUT2D eigenvalue weighted by Crippen LogP contribution is 2.10. The molecule has 0 aliphatic heterocycles. The summed E-state index contributed by atoms with van der Waals surface area (Å²) in [5.41, 5.74) is 0. The highest BCUT2D eigenvalue weighted by molar-refractivity contribution is 4.56. The number of rotatable bonds is 7. The molecular weight excluding hydrogens is 144 g/mol. The van der Waals surface area contributed by atoms with Crippen LogP contribution in [0.25, 0.3) is 0 Å². The summed E-state index contributed by atoms with van der Waals surface area (Å²) >= 11 is 0. The number of aliphatic hydroxyl groups excluding tert-OH is 3. The zero-order valence-electron chi connectivity index (χ0n) is 6.87. The van der Waals surface area contributed by atoms with Crippen molar-refractivity contribution in [3.8, 4) is 0 Å². The molecule has 0 radical (unpaired) electrons. The van der Waals surface area contributed by atoms with E-state index in [2.05, 4.69) is 0 Å². The Labute approximate surface area is 67.7 Å². The molecule has 1 atom stereocenters. The molecule has 0 aromatic carbocycles. The zero-order valence-corrected chi connectivity index (χ0v) is 6.87. The normalized spacial score (nSPS) is 13.4. The molecule has 0 aromatic rings. The van der Waals surface area contributed by atoms with Gasteiger partial charge < -0.3 is 15.3 Å². The maximum Gasteiger partial charge on any atom is 0.0460 e. The van der Waals surface area contributed by atoms with Crippen LogP contribution in [0.4, 0.5) is 0 Å². The quantitative estimate of drug-likeness (QED) is 0.467. The lowest BCUT2D eigenvalue weighted by Crippen LogP contribution is -2.08. The molecule has 0 fully saturated rings. The van der Waals surface area contributed by atoms with Gasteiger partial charge in [0.2, 0.25) is 0 Å². The van der Waals surface area contributed by atoms with Crippen molar-refractivity contribution in [3.05, 3.63) is 0 Å². The van der Waals surface area contributed by atoms with E-state index >= 15 is 0 Å². The summed E-state index contributed by atoms with van der Waals surface area (Å²) in [7, 11) is 0. The number of aliphatic hydroxyl groups is 3. The van der Waals surface area contributed by atoms with Crippen LogP contribution < -0.4 is 0 Å². The molecule has 0 saturated heterocycles. The molecule has 11 heavy (non-hydrogen) atoms. The minimum Gasteiger partial charge on any atom is -0.396 e. The van der Waals surface area contributed by atoms with Crippen molar-refractivity contribution in [1.29, 1.82) is 0 Å². The van der Waals surface area contributed by atoms with Crippen molar-refractivity contribution in [2.24, 2.45) is 5.92 Å². The Morgan fingerprint density at radius 3 is 2.00 bits per heavy atom. The van der Waals surface area contributed by atoms with Crippen LogP contribution in [0.5, 0.6) is 0 Å². The van der Waals surface area contributed by atoms with E-state index in [4.69, 9.17) is 15.3 Å². The lowest BCUT2D eigenvalue weighted by molar-refractivity contribution is 0.172. The molecule has 3 heteroatoms. The average molecular weight is 162 g/mol. The number of unbranched alkanes of at least 4 members (excludes halogenated alkanes) is 1. The number of hydrogen-bond acceptors (Lipinski definition) is 3. The van der Waals surface area contributed by atoms with E-state index in [1.165, 1.54) is 0 Å². The molecule has 1 unspecified atom stereocenters. The molecule has 68 valence electrons. The Hall–Kier alpha value is -0.120. The van der Waals surface area contributed by atoms with Crippen LogP contribution in [0.2, 0.25) is 0 Å². The molecule has 0 amide bonds. The van der Waals surface area contributed by atoms with Gasteiger partial charge in [0.05, 0.1) is 0 Å². The van der Waals surface area contributed by atoms with Crippen molar-refractivity contribution in [2.75, 3.05) is 19.8 Å². The van der Waals surface area contributed by atoms with Gasteiger partial charge in [-0.15, -0.1) is 0 Å². The Bertz CT molecular complexity index is 75.7. The fraction of sp³-hybridized carbons (Fsp3) is 1.00. The molecule has 3 nitrogen and oxygen atoms in total. The third-order valence-electron chi connectivity index (χ3n) is 1.82. The Balaban J connectivity index is 3.20. The summed E-state index contributed by atoms with van der Waals surface area (Å²) < 4.78 is 0. The van der Waals surface area contributed by atoms with Gasteiger partial charge in [-0.1, -0.05) is 6.42 Å². The van der Waals surface area contributed by atoms with Gasteiger partial charge in [0.25, 0.3) is 0 Å². The maximum atomic E-state index is 8.78. The first-order valence-electron chi connectivity index (χ1n) is 4.17. The lowest BCUT2D eigenvalue weighted by atomic mass is 10.00. The second-order valence-corrected chi connectivity index (χ2v) is 2.78. The predicted octanol–water partition coefficient (Wildman–Crippen LogP) is 0.140. The smallest absolute Gasteiger partial charge is 0.0460 e. The number of hydrogen-bond donors (Lipinski definition) is 3. The highest BCUT2D eigenvalue weighted by atomic mass is 16.3. The van der Waals surface area contributed by atoms with E-state index in [-0.39, 0.29) is 25.7 Å². The van der Waals surface area contributed by atoms with Gasteiger partial charge >= 0.3 is 0 Å². The average Bonchev–Trinajstić information content (AvgIpc) is 2.03. The molecule has 0 spiro atoms. The van der Waals surface area contributed by atoms with Crippen LogP contribution in [0.1, 0.15) is 25.7 Å². The minimum atomic E-state index is 0.143. The second kappa shape index (κ2) is 7.98. The highest BCUT2D eigenvalue weighted by Gasteiger charge is 2.05. The maximum absolute atomic E-state index is 8.78. The van der Waals surface area contributed by atoms with Gasteiger partial charge in [0.15, 0.2) is 0 Å². The van der Waals surface area contributed by atoms with E-state index in [0.717, 1.165) is 19.3 Å². The summed E-state index contributed by atoms with van der Waals surface area (Å²) in [6.07, 6.45) is 3.29. The van der Waals surface area contributed by atoms with Crippen LogP contribution in [0.15, 0.2) is 0 Å². The van der Waals surface area contributed by atoms with E-state index < -0.39 is 0 Å². The Morgan fingerprint density at radius 1 is 0.818 bits per heavy atom. The van der Waals surface area contributed by atoms with Gasteiger partial charge in [-0.05, 0) is 25.2 Å². The van der Waals surface area contributed by atoms with E-state index in [1.807, 2.05) is 0 Å². The van der Waals surface area contributed by atoms with Crippen molar-refractivity contribution in [1.82, 2.24) is 0 Å². The van der Waals surface area contributed by atoms with Crippen LogP contribution in [0.3, 0.4) is 0 Å². The van der Waals surface area contributed by atoms with Crippen LogP contribution in [-0.4, -0.2) is 35.1 Å². The molecule has 0 bridgehead atoms. The van der Waals surface area contributed by atoms with Crippen LogP contribution in [-0.2, 0) is 0 Å². The van der Waals surface area contributed by atoms with Gasteiger partial charge in [0, 0.05) is 19.8 Å².